The largest absolute Gasteiger partial charge is 0.358 e. The highest BCUT2D eigenvalue weighted by Gasteiger charge is 2.46. The third-order valence-corrected chi connectivity index (χ3v) is 7.65. The van der Waals surface area contributed by atoms with Gasteiger partial charge in [0.15, 0.2) is 0 Å². The Morgan fingerprint density at radius 1 is 1.06 bits per heavy atom. The minimum Gasteiger partial charge on any atom is -0.358 e. The van der Waals surface area contributed by atoms with Crippen LogP contribution in [0.1, 0.15) is 56.9 Å². The fourth-order valence-corrected chi connectivity index (χ4v) is 5.84. The van der Waals surface area contributed by atoms with Crippen LogP contribution in [-0.4, -0.2) is 34.0 Å². The number of hydrogen-bond acceptors (Lipinski definition) is 3. The van der Waals surface area contributed by atoms with Crippen LogP contribution in [0, 0.1) is 0 Å². The maximum atomic E-state index is 13.8. The predicted octanol–water partition coefficient (Wildman–Crippen LogP) is 8.15. The van der Waals surface area contributed by atoms with E-state index in [0.29, 0.717) is 26.7 Å². The first-order valence-electron chi connectivity index (χ1n) is 11.2. The van der Waals surface area contributed by atoms with Crippen molar-refractivity contribution in [2.24, 2.45) is 0 Å². The molecule has 7 heteroatoms. The van der Waals surface area contributed by atoms with E-state index in [9.17, 15) is 4.79 Å². The molecule has 0 radical (unpaired) electrons. The molecule has 0 aliphatic carbocycles. The van der Waals surface area contributed by atoms with Gasteiger partial charge in [0.2, 0.25) is 0 Å². The normalized spacial score (nSPS) is 22.0. The summed E-state index contributed by atoms with van der Waals surface area (Å²) in [7, 11) is 0. The zero-order valence-corrected chi connectivity index (χ0v) is 22.2. The van der Waals surface area contributed by atoms with E-state index in [2.05, 4.69) is 27.4 Å². The van der Waals surface area contributed by atoms with Gasteiger partial charge in [-0.1, -0.05) is 73.8 Å². The van der Waals surface area contributed by atoms with Gasteiger partial charge >= 0.3 is 0 Å². The van der Waals surface area contributed by atoms with Gasteiger partial charge < -0.3 is 9.64 Å². The Bertz CT molecular complexity index is 946. The number of ether oxygens (including phenoxy) is 1. The summed E-state index contributed by atoms with van der Waals surface area (Å²) in [5.41, 5.74) is 1.80. The molecule has 2 aromatic carbocycles. The molecule has 1 saturated heterocycles. The van der Waals surface area contributed by atoms with E-state index in [0.717, 1.165) is 23.3 Å². The first kappa shape index (κ1) is 26.4. The summed E-state index contributed by atoms with van der Waals surface area (Å²) < 4.78 is 6.46. The van der Waals surface area contributed by atoms with Gasteiger partial charge in [0.1, 0.15) is 12.2 Å². The zero-order valence-electron chi connectivity index (χ0n) is 19.1. The van der Waals surface area contributed by atoms with E-state index < -0.39 is 12.2 Å². The van der Waals surface area contributed by atoms with Gasteiger partial charge in [-0.3, -0.25) is 4.79 Å². The Labute approximate surface area is 216 Å². The number of nitrogens with zero attached hydrogens (tertiary/aromatic N) is 1. The van der Waals surface area contributed by atoms with Crippen LogP contribution in [0.4, 0.5) is 0 Å². The third-order valence-electron chi connectivity index (χ3n) is 5.72. The Hall–Kier alpha value is -1.17. The van der Waals surface area contributed by atoms with E-state index in [1.54, 1.807) is 12.1 Å². The second kappa shape index (κ2) is 12.0. The summed E-state index contributed by atoms with van der Waals surface area (Å²) in [6.45, 7) is 10.3. The van der Waals surface area contributed by atoms with E-state index in [1.807, 2.05) is 53.1 Å². The van der Waals surface area contributed by atoms with E-state index in [4.69, 9.17) is 39.5 Å². The summed E-state index contributed by atoms with van der Waals surface area (Å²) in [6.07, 6.45) is 1.94. The van der Waals surface area contributed by atoms with Crippen LogP contribution in [0.15, 0.2) is 55.1 Å². The minimum absolute atomic E-state index is 0.0181. The Kier molecular flexibility index (Phi) is 9.61. The lowest BCUT2D eigenvalue weighted by Gasteiger charge is -2.48. The van der Waals surface area contributed by atoms with Gasteiger partial charge in [0.25, 0.3) is 5.91 Å². The molecule has 33 heavy (non-hydrogen) atoms. The SMILES string of the molecule is C=CC[C@H]1O[C@H](c2cc(Cl)cc(Cl)c2)C(c2ccc(Cl)cc2)N([C@@H](CC)CSC(C)C)C1=O. The molecule has 0 bridgehead atoms. The number of hydrogen-bond donors (Lipinski definition) is 0. The number of morpholine rings is 1. The molecule has 1 fully saturated rings. The molecule has 0 N–H and O–H groups in total. The molecule has 178 valence electrons. The third kappa shape index (κ3) is 6.49. The van der Waals surface area contributed by atoms with Gasteiger partial charge in [-0.25, -0.2) is 0 Å². The molecule has 0 aromatic heterocycles. The topological polar surface area (TPSA) is 29.5 Å². The highest BCUT2D eigenvalue weighted by molar-refractivity contribution is 7.99. The molecular formula is C26H30Cl3NO2S. The number of carbonyl (C=O) groups is 1. The molecule has 1 unspecified atom stereocenters. The monoisotopic (exact) mass is 525 g/mol. The van der Waals surface area contributed by atoms with Crippen molar-refractivity contribution in [1.29, 1.82) is 0 Å². The molecule has 0 spiro atoms. The number of halogens is 3. The first-order valence-corrected chi connectivity index (χ1v) is 13.3. The maximum Gasteiger partial charge on any atom is 0.252 e. The summed E-state index contributed by atoms with van der Waals surface area (Å²) in [5.74, 6) is 0.823. The molecular weight excluding hydrogens is 497 g/mol. The van der Waals surface area contributed by atoms with Crippen LogP contribution in [0.25, 0.3) is 0 Å². The second-order valence-corrected chi connectivity index (χ2v) is 11.4. The number of thioether (sulfide) groups is 1. The molecule has 3 nitrogen and oxygen atoms in total. The average molecular weight is 527 g/mol. The van der Waals surface area contributed by atoms with Crippen LogP contribution in [0.3, 0.4) is 0 Å². The summed E-state index contributed by atoms with van der Waals surface area (Å²) in [6, 6.07) is 12.8. The lowest BCUT2D eigenvalue weighted by Crippen LogP contribution is -2.55. The molecule has 1 heterocycles. The predicted molar refractivity (Wildman–Crippen MR) is 142 cm³/mol. The van der Waals surface area contributed by atoms with Crippen molar-refractivity contribution >= 4 is 52.5 Å². The van der Waals surface area contributed by atoms with Gasteiger partial charge in [-0.15, -0.1) is 6.58 Å². The minimum atomic E-state index is -0.619. The van der Waals surface area contributed by atoms with Crippen molar-refractivity contribution in [1.82, 2.24) is 4.90 Å². The average Bonchev–Trinajstić information content (AvgIpc) is 2.76. The quantitative estimate of drug-likeness (QED) is 0.309. The highest BCUT2D eigenvalue weighted by atomic mass is 35.5. The molecule has 2 aromatic rings. The van der Waals surface area contributed by atoms with Crippen LogP contribution in [0.5, 0.6) is 0 Å². The van der Waals surface area contributed by atoms with Gasteiger partial charge in [-0.2, -0.15) is 11.8 Å². The Morgan fingerprint density at radius 3 is 2.24 bits per heavy atom. The first-order chi connectivity index (χ1) is 15.7. The highest BCUT2D eigenvalue weighted by Crippen LogP contribution is 2.45. The molecule has 1 aliphatic rings. The van der Waals surface area contributed by atoms with Crippen LogP contribution >= 0.6 is 46.6 Å². The van der Waals surface area contributed by atoms with Gasteiger partial charge in [0, 0.05) is 33.3 Å². The number of carbonyl (C=O) groups excluding carboxylic acids is 1. The van der Waals surface area contributed by atoms with Crippen LogP contribution in [0.2, 0.25) is 15.1 Å². The fraction of sp³-hybridized carbons (Fsp3) is 0.423. The standard InChI is InChI=1S/C26H30Cl3NO2S/c1-5-7-23-26(31)30(22(6-2)15-33-16(3)4)24(17-8-10-19(27)11-9-17)25(32-23)18-12-20(28)14-21(29)13-18/h5,8-14,16,22-25H,1,6-7,15H2,2-4H3/t22-,23+,24?,25+/m0/s1. The van der Waals surface area contributed by atoms with Crippen molar-refractivity contribution in [2.45, 2.75) is 63.2 Å². The number of amides is 1. The summed E-state index contributed by atoms with van der Waals surface area (Å²) in [4.78, 5) is 15.8. The van der Waals surface area contributed by atoms with Crippen LogP contribution in [-0.2, 0) is 9.53 Å². The maximum absolute atomic E-state index is 13.8. The smallest absolute Gasteiger partial charge is 0.252 e. The van der Waals surface area contributed by atoms with Gasteiger partial charge in [-0.05, 0) is 53.1 Å². The van der Waals surface area contributed by atoms with E-state index in [1.165, 1.54) is 0 Å². The van der Waals surface area contributed by atoms with Crippen molar-refractivity contribution in [3.63, 3.8) is 0 Å². The number of benzene rings is 2. The fourth-order valence-electron chi connectivity index (χ4n) is 4.17. The summed E-state index contributed by atoms with van der Waals surface area (Å²) in [5, 5.41) is 2.17. The lowest BCUT2D eigenvalue weighted by molar-refractivity contribution is -0.178. The second-order valence-electron chi connectivity index (χ2n) is 8.46. The lowest BCUT2D eigenvalue weighted by atomic mass is 9.89. The molecule has 1 amide bonds. The summed E-state index contributed by atoms with van der Waals surface area (Å²) >= 11 is 20.8. The van der Waals surface area contributed by atoms with Crippen molar-refractivity contribution < 1.29 is 9.53 Å². The van der Waals surface area contributed by atoms with Crippen molar-refractivity contribution in [2.75, 3.05) is 5.75 Å². The Morgan fingerprint density at radius 2 is 1.70 bits per heavy atom. The van der Waals surface area contributed by atoms with Crippen molar-refractivity contribution in [3.8, 4) is 0 Å². The number of rotatable bonds is 9. The zero-order chi connectivity index (χ0) is 24.1. The van der Waals surface area contributed by atoms with E-state index >= 15 is 0 Å². The molecule has 0 saturated carbocycles. The van der Waals surface area contributed by atoms with Crippen molar-refractivity contribution in [3.05, 3.63) is 81.3 Å². The van der Waals surface area contributed by atoms with Crippen LogP contribution < -0.4 is 0 Å². The van der Waals surface area contributed by atoms with E-state index in [-0.39, 0.29) is 18.0 Å². The molecule has 1 aliphatic heterocycles. The van der Waals surface area contributed by atoms with Gasteiger partial charge in [0.05, 0.1) is 6.04 Å². The molecule has 3 rings (SSSR count). The molecule has 4 atom stereocenters. The Balaban J connectivity index is 2.16.